The molecule has 2 aliphatic rings. The summed E-state index contributed by atoms with van der Waals surface area (Å²) in [6.07, 6.45) is 4.71. The molecule has 8 nitrogen and oxygen atoms in total. The minimum atomic E-state index is -0.878. The lowest BCUT2D eigenvalue weighted by atomic mass is 9.94. The Morgan fingerprint density at radius 1 is 1.20 bits per heavy atom. The first-order valence-corrected chi connectivity index (χ1v) is 8.48. The second kappa shape index (κ2) is 6.27. The number of benzene rings is 1. The van der Waals surface area contributed by atoms with Crippen LogP contribution in [0.5, 0.6) is 0 Å². The fourth-order valence-corrected chi connectivity index (χ4v) is 4.20. The van der Waals surface area contributed by atoms with Crippen LogP contribution in [0, 0.1) is 11.8 Å². The standard InChI is InChI=1S/C17H19N5O3/c23-15(21-9-12-2-1-3-14(12)16(21)17(24)25)8-11-4-6-13(7-5-11)22-10-18-19-20-22/h4-7,10,12,14,16H,1-3,8-9H2,(H,24,25). The molecule has 3 unspecified atom stereocenters. The van der Waals surface area contributed by atoms with Gasteiger partial charge in [-0.2, -0.15) is 0 Å². The van der Waals surface area contributed by atoms with Gasteiger partial charge in [0.15, 0.2) is 0 Å². The first-order valence-electron chi connectivity index (χ1n) is 8.48. The first kappa shape index (κ1) is 15.7. The summed E-state index contributed by atoms with van der Waals surface area (Å²) in [4.78, 5) is 25.9. The zero-order chi connectivity index (χ0) is 17.4. The van der Waals surface area contributed by atoms with E-state index in [0.717, 1.165) is 30.5 Å². The van der Waals surface area contributed by atoms with E-state index in [2.05, 4.69) is 15.5 Å². The summed E-state index contributed by atoms with van der Waals surface area (Å²) in [6, 6.07) is 6.71. The lowest BCUT2D eigenvalue weighted by Crippen LogP contribution is -2.43. The Balaban J connectivity index is 1.47. The minimum Gasteiger partial charge on any atom is -0.480 e. The molecular formula is C17H19N5O3. The van der Waals surface area contributed by atoms with E-state index < -0.39 is 12.0 Å². The summed E-state index contributed by atoms with van der Waals surface area (Å²) in [5.41, 5.74) is 1.66. The molecular weight excluding hydrogens is 322 g/mol. The number of rotatable bonds is 4. The van der Waals surface area contributed by atoms with E-state index >= 15 is 0 Å². The lowest BCUT2D eigenvalue weighted by Gasteiger charge is -2.24. The number of aliphatic carboxylic acids is 1. The Morgan fingerprint density at radius 2 is 2.00 bits per heavy atom. The predicted molar refractivity (Wildman–Crippen MR) is 86.8 cm³/mol. The van der Waals surface area contributed by atoms with Crippen LogP contribution in [0.25, 0.3) is 5.69 Å². The number of amides is 1. The summed E-state index contributed by atoms with van der Waals surface area (Å²) < 4.78 is 1.54. The largest absolute Gasteiger partial charge is 0.480 e. The summed E-state index contributed by atoms with van der Waals surface area (Å²) >= 11 is 0. The average Bonchev–Trinajstić information content (AvgIpc) is 3.31. The lowest BCUT2D eigenvalue weighted by molar-refractivity contribution is -0.149. The highest BCUT2D eigenvalue weighted by molar-refractivity contribution is 5.86. The van der Waals surface area contributed by atoms with Crippen LogP contribution < -0.4 is 0 Å². The molecule has 0 spiro atoms. The number of hydrogen-bond acceptors (Lipinski definition) is 5. The van der Waals surface area contributed by atoms with Crippen LogP contribution in [0.15, 0.2) is 30.6 Å². The number of carbonyl (C=O) groups excluding carboxylic acids is 1. The highest BCUT2D eigenvalue weighted by Crippen LogP contribution is 2.42. The smallest absolute Gasteiger partial charge is 0.326 e. The molecule has 1 saturated carbocycles. The molecule has 1 aromatic carbocycles. The molecule has 1 aromatic heterocycles. The third kappa shape index (κ3) is 2.88. The summed E-state index contributed by atoms with van der Waals surface area (Å²) in [5, 5.41) is 20.6. The van der Waals surface area contributed by atoms with Crippen LogP contribution in [0.1, 0.15) is 24.8 Å². The summed E-state index contributed by atoms with van der Waals surface area (Å²) in [6.45, 7) is 0.573. The zero-order valence-electron chi connectivity index (χ0n) is 13.7. The quantitative estimate of drug-likeness (QED) is 0.887. The first-order chi connectivity index (χ1) is 12.1. The fraction of sp³-hybridized carbons (Fsp3) is 0.471. The van der Waals surface area contributed by atoms with Crippen molar-refractivity contribution < 1.29 is 14.7 Å². The normalized spacial score (nSPS) is 25.1. The highest BCUT2D eigenvalue weighted by atomic mass is 16.4. The van der Waals surface area contributed by atoms with Gasteiger partial charge >= 0.3 is 5.97 Å². The molecule has 1 aliphatic heterocycles. The van der Waals surface area contributed by atoms with Crippen molar-refractivity contribution in [3.63, 3.8) is 0 Å². The van der Waals surface area contributed by atoms with E-state index in [-0.39, 0.29) is 18.2 Å². The van der Waals surface area contributed by atoms with Gasteiger partial charge in [-0.3, -0.25) is 4.79 Å². The number of fused-ring (bicyclic) bond motifs is 1. The molecule has 3 atom stereocenters. The number of nitrogens with zero attached hydrogens (tertiary/aromatic N) is 5. The number of likely N-dealkylation sites (tertiary alicyclic amines) is 1. The molecule has 130 valence electrons. The second-order valence-electron chi connectivity index (χ2n) is 6.78. The van der Waals surface area contributed by atoms with Crippen molar-refractivity contribution in [1.82, 2.24) is 25.1 Å². The predicted octanol–water partition coefficient (Wildman–Crippen LogP) is 0.916. The van der Waals surface area contributed by atoms with Crippen LogP contribution >= 0.6 is 0 Å². The third-order valence-electron chi connectivity index (χ3n) is 5.37. The summed E-state index contributed by atoms with van der Waals surface area (Å²) in [5.74, 6) is -0.537. The van der Waals surface area contributed by atoms with Gasteiger partial charge in [0.25, 0.3) is 0 Å². The Hall–Kier alpha value is -2.77. The van der Waals surface area contributed by atoms with Gasteiger partial charge in [0.05, 0.1) is 12.1 Å². The number of carboxylic acid groups (broad SMARTS) is 1. The summed E-state index contributed by atoms with van der Waals surface area (Å²) in [7, 11) is 0. The van der Waals surface area contributed by atoms with Crippen molar-refractivity contribution in [1.29, 1.82) is 0 Å². The average molecular weight is 341 g/mol. The fourth-order valence-electron chi connectivity index (χ4n) is 4.20. The SMILES string of the molecule is O=C(O)C1C2CCCC2CN1C(=O)Cc1ccc(-n2cnnn2)cc1. The monoisotopic (exact) mass is 341 g/mol. The van der Waals surface area contributed by atoms with E-state index in [1.54, 1.807) is 4.90 Å². The van der Waals surface area contributed by atoms with Crippen LogP contribution in [-0.4, -0.2) is 54.7 Å². The number of tetrazole rings is 1. The van der Waals surface area contributed by atoms with E-state index in [9.17, 15) is 14.7 Å². The van der Waals surface area contributed by atoms with Gasteiger partial charge in [0.2, 0.25) is 5.91 Å². The van der Waals surface area contributed by atoms with Crippen molar-refractivity contribution in [2.75, 3.05) is 6.54 Å². The minimum absolute atomic E-state index is 0.114. The van der Waals surface area contributed by atoms with Gasteiger partial charge in [0.1, 0.15) is 12.4 Å². The van der Waals surface area contributed by atoms with Gasteiger partial charge in [0, 0.05) is 6.54 Å². The molecule has 1 N–H and O–H groups in total. The molecule has 8 heteroatoms. The number of carbonyl (C=O) groups is 2. The van der Waals surface area contributed by atoms with Gasteiger partial charge < -0.3 is 10.0 Å². The molecule has 25 heavy (non-hydrogen) atoms. The van der Waals surface area contributed by atoms with E-state index in [1.807, 2.05) is 24.3 Å². The Morgan fingerprint density at radius 3 is 2.68 bits per heavy atom. The molecule has 0 radical (unpaired) electrons. The molecule has 1 amide bonds. The molecule has 2 heterocycles. The molecule has 0 bridgehead atoms. The third-order valence-corrected chi connectivity index (χ3v) is 5.37. The van der Waals surface area contributed by atoms with E-state index in [0.29, 0.717) is 12.5 Å². The van der Waals surface area contributed by atoms with Gasteiger partial charge in [-0.25, -0.2) is 9.48 Å². The maximum atomic E-state index is 12.7. The molecule has 2 aromatic rings. The maximum Gasteiger partial charge on any atom is 0.326 e. The van der Waals surface area contributed by atoms with Gasteiger partial charge in [-0.15, -0.1) is 5.10 Å². The molecule has 1 saturated heterocycles. The van der Waals surface area contributed by atoms with Crippen LogP contribution in [0.4, 0.5) is 0 Å². The Bertz CT molecular complexity index is 774. The maximum absolute atomic E-state index is 12.7. The van der Waals surface area contributed by atoms with Crippen molar-refractivity contribution in [3.05, 3.63) is 36.2 Å². The van der Waals surface area contributed by atoms with Crippen LogP contribution in [0.2, 0.25) is 0 Å². The second-order valence-corrected chi connectivity index (χ2v) is 6.78. The molecule has 1 aliphatic carbocycles. The number of carboxylic acids is 1. The van der Waals surface area contributed by atoms with Gasteiger partial charge in [-0.05, 0) is 52.8 Å². The van der Waals surface area contributed by atoms with E-state index in [4.69, 9.17) is 0 Å². The van der Waals surface area contributed by atoms with E-state index in [1.165, 1.54) is 11.0 Å². The van der Waals surface area contributed by atoms with Crippen LogP contribution in [-0.2, 0) is 16.0 Å². The zero-order valence-corrected chi connectivity index (χ0v) is 13.7. The Kier molecular flexibility index (Phi) is 3.95. The topological polar surface area (TPSA) is 101 Å². The number of hydrogen-bond donors (Lipinski definition) is 1. The van der Waals surface area contributed by atoms with Crippen molar-refractivity contribution >= 4 is 11.9 Å². The molecule has 4 rings (SSSR count). The van der Waals surface area contributed by atoms with Crippen molar-refractivity contribution in [2.45, 2.75) is 31.7 Å². The number of aromatic nitrogens is 4. The highest BCUT2D eigenvalue weighted by Gasteiger charge is 2.49. The van der Waals surface area contributed by atoms with Crippen molar-refractivity contribution in [2.24, 2.45) is 11.8 Å². The van der Waals surface area contributed by atoms with Gasteiger partial charge in [-0.1, -0.05) is 18.6 Å². The van der Waals surface area contributed by atoms with Crippen LogP contribution in [0.3, 0.4) is 0 Å². The molecule has 2 fully saturated rings. The van der Waals surface area contributed by atoms with Crippen molar-refractivity contribution in [3.8, 4) is 5.69 Å². The Labute approximate surface area is 144 Å².